The van der Waals surface area contributed by atoms with Gasteiger partial charge in [0.25, 0.3) is 0 Å². The molecule has 0 spiro atoms. The average molecular weight is 415 g/mol. The highest BCUT2D eigenvalue weighted by Gasteiger charge is 2.37. The van der Waals surface area contributed by atoms with Gasteiger partial charge in [0.05, 0.1) is 22.3 Å². The van der Waals surface area contributed by atoms with Gasteiger partial charge in [-0.25, -0.2) is 16.8 Å². The lowest BCUT2D eigenvalue weighted by Gasteiger charge is -2.35. The van der Waals surface area contributed by atoms with Gasteiger partial charge in [-0.3, -0.25) is 4.79 Å². The van der Waals surface area contributed by atoms with E-state index < -0.39 is 25.8 Å². The van der Waals surface area contributed by atoms with E-state index in [1.54, 1.807) is 17.0 Å². The Morgan fingerprint density at radius 3 is 2.26 bits per heavy atom. The number of aryl methyl sites for hydroxylation is 1. The van der Waals surface area contributed by atoms with Crippen LogP contribution in [0.2, 0.25) is 0 Å². The molecule has 2 heterocycles. The van der Waals surface area contributed by atoms with Crippen molar-refractivity contribution in [3.63, 3.8) is 0 Å². The minimum absolute atomic E-state index is 0.0613. The molecule has 1 aromatic carbocycles. The zero-order valence-electron chi connectivity index (χ0n) is 15.5. The van der Waals surface area contributed by atoms with Crippen molar-refractivity contribution in [1.82, 2.24) is 9.21 Å². The molecule has 150 valence electrons. The molecule has 27 heavy (non-hydrogen) atoms. The molecule has 1 atom stereocenters. The van der Waals surface area contributed by atoms with Gasteiger partial charge in [-0.1, -0.05) is 25.5 Å². The molecule has 0 saturated carbocycles. The summed E-state index contributed by atoms with van der Waals surface area (Å²) < 4.78 is 50.2. The van der Waals surface area contributed by atoms with Gasteiger partial charge >= 0.3 is 0 Å². The van der Waals surface area contributed by atoms with Crippen LogP contribution in [0.25, 0.3) is 0 Å². The number of sulfone groups is 1. The third kappa shape index (κ3) is 4.52. The maximum atomic E-state index is 12.8. The van der Waals surface area contributed by atoms with Gasteiger partial charge in [0.15, 0.2) is 9.84 Å². The molecule has 0 aromatic heterocycles. The molecule has 3 rings (SSSR count). The quantitative estimate of drug-likeness (QED) is 0.714. The second-order valence-electron chi connectivity index (χ2n) is 7.22. The van der Waals surface area contributed by atoms with E-state index >= 15 is 0 Å². The van der Waals surface area contributed by atoms with Gasteiger partial charge in [0, 0.05) is 26.2 Å². The first kappa shape index (κ1) is 20.3. The maximum Gasteiger partial charge on any atom is 0.243 e. The lowest BCUT2D eigenvalue weighted by molar-refractivity contribution is -0.135. The third-order valence-electron chi connectivity index (χ3n) is 5.23. The molecule has 2 aliphatic heterocycles. The van der Waals surface area contributed by atoms with E-state index in [9.17, 15) is 21.6 Å². The average Bonchev–Trinajstić information content (AvgIpc) is 3.02. The number of piperazine rings is 1. The molecule has 7 nitrogen and oxygen atoms in total. The highest BCUT2D eigenvalue weighted by molar-refractivity contribution is 7.91. The van der Waals surface area contributed by atoms with Gasteiger partial charge in [0.1, 0.15) is 0 Å². The summed E-state index contributed by atoms with van der Waals surface area (Å²) in [5.41, 5.74) is 1.11. The third-order valence-corrected chi connectivity index (χ3v) is 8.91. The zero-order chi connectivity index (χ0) is 19.7. The molecule has 1 aromatic rings. The number of benzene rings is 1. The van der Waals surface area contributed by atoms with Crippen molar-refractivity contribution in [2.75, 3.05) is 37.7 Å². The number of sulfonamides is 1. The van der Waals surface area contributed by atoms with E-state index in [1.807, 2.05) is 12.1 Å². The molecule has 2 aliphatic rings. The number of carbonyl (C=O) groups is 1. The molecular weight excluding hydrogens is 388 g/mol. The highest BCUT2D eigenvalue weighted by atomic mass is 32.2. The largest absolute Gasteiger partial charge is 0.340 e. The van der Waals surface area contributed by atoms with E-state index in [2.05, 4.69) is 6.92 Å². The lowest BCUT2D eigenvalue weighted by Crippen LogP contribution is -2.52. The van der Waals surface area contributed by atoms with Crippen LogP contribution in [0.5, 0.6) is 0 Å². The topological polar surface area (TPSA) is 91.8 Å². The number of nitrogens with zero attached hydrogens (tertiary/aromatic N) is 2. The summed E-state index contributed by atoms with van der Waals surface area (Å²) in [5.74, 6) is -0.679. The van der Waals surface area contributed by atoms with Gasteiger partial charge < -0.3 is 4.90 Å². The minimum Gasteiger partial charge on any atom is -0.340 e. The van der Waals surface area contributed by atoms with Gasteiger partial charge in [-0.15, -0.1) is 0 Å². The summed E-state index contributed by atoms with van der Waals surface area (Å²) in [6.45, 7) is 3.12. The molecule has 9 heteroatoms. The molecule has 0 N–H and O–H groups in total. The SMILES string of the molecule is CCCc1ccc(S(=O)(=O)N2CCN(C(=O)[C@@H]3CCS(=O)(=O)C3)CC2)cc1. The Balaban J connectivity index is 1.61. The Morgan fingerprint density at radius 2 is 1.74 bits per heavy atom. The van der Waals surface area contributed by atoms with Crippen molar-refractivity contribution in [1.29, 1.82) is 0 Å². The van der Waals surface area contributed by atoms with Crippen LogP contribution in [-0.4, -0.2) is 69.6 Å². The molecule has 0 aliphatic carbocycles. The summed E-state index contributed by atoms with van der Waals surface area (Å²) >= 11 is 0. The predicted octanol–water partition coefficient (Wildman–Crippen LogP) is 0.907. The first-order valence-corrected chi connectivity index (χ1v) is 12.6. The van der Waals surface area contributed by atoms with Crippen LogP contribution >= 0.6 is 0 Å². The molecule has 1 amide bonds. The van der Waals surface area contributed by atoms with Crippen LogP contribution in [0.3, 0.4) is 0 Å². The fraction of sp³-hybridized carbons (Fsp3) is 0.611. The fourth-order valence-electron chi connectivity index (χ4n) is 3.66. The molecule has 0 radical (unpaired) electrons. The number of rotatable bonds is 5. The van der Waals surface area contributed by atoms with Crippen molar-refractivity contribution in [3.05, 3.63) is 29.8 Å². The molecule has 0 bridgehead atoms. The summed E-state index contributed by atoms with van der Waals surface area (Å²) in [5, 5.41) is 0. The van der Waals surface area contributed by atoms with Crippen LogP contribution in [0.1, 0.15) is 25.3 Å². The predicted molar refractivity (Wildman–Crippen MR) is 103 cm³/mol. The number of hydrogen-bond donors (Lipinski definition) is 0. The van der Waals surface area contributed by atoms with E-state index in [4.69, 9.17) is 0 Å². The molecule has 0 unspecified atom stereocenters. The molecular formula is C18H26N2O5S2. The number of amides is 1. The van der Waals surface area contributed by atoms with Gasteiger partial charge in [-0.05, 0) is 30.5 Å². The Kier molecular flexibility index (Phi) is 5.93. The van der Waals surface area contributed by atoms with Crippen molar-refractivity contribution >= 4 is 25.8 Å². The fourth-order valence-corrected chi connectivity index (χ4v) is 6.82. The second-order valence-corrected chi connectivity index (χ2v) is 11.4. The van der Waals surface area contributed by atoms with Gasteiger partial charge in [-0.2, -0.15) is 4.31 Å². The number of carbonyl (C=O) groups excluding carboxylic acids is 1. The summed E-state index contributed by atoms with van der Waals surface area (Å²) in [7, 11) is -6.69. The highest BCUT2D eigenvalue weighted by Crippen LogP contribution is 2.23. The van der Waals surface area contributed by atoms with E-state index in [1.165, 1.54) is 4.31 Å². The van der Waals surface area contributed by atoms with E-state index in [0.717, 1.165) is 18.4 Å². The molecule has 2 fully saturated rings. The Hall–Kier alpha value is -1.45. The summed E-state index contributed by atoms with van der Waals surface area (Å²) in [6, 6.07) is 6.97. The van der Waals surface area contributed by atoms with Crippen molar-refractivity contribution in [2.24, 2.45) is 5.92 Å². The standard InChI is InChI=1S/C18H26N2O5S2/c1-2-3-15-4-6-17(7-5-15)27(24,25)20-11-9-19(10-12-20)18(21)16-8-13-26(22,23)14-16/h4-7,16H,2-3,8-14H2,1H3/t16-/m1/s1. The normalized spacial score (nSPS) is 23.4. The van der Waals surface area contributed by atoms with E-state index in [0.29, 0.717) is 19.5 Å². The summed E-state index contributed by atoms with van der Waals surface area (Å²) in [6.07, 6.45) is 2.28. The first-order valence-electron chi connectivity index (χ1n) is 9.31. The van der Waals surface area contributed by atoms with Crippen LogP contribution in [0.4, 0.5) is 0 Å². The Morgan fingerprint density at radius 1 is 1.11 bits per heavy atom. The summed E-state index contributed by atoms with van der Waals surface area (Å²) in [4.78, 5) is 14.4. The van der Waals surface area contributed by atoms with Crippen LogP contribution in [-0.2, 0) is 31.1 Å². The maximum absolute atomic E-state index is 12.8. The lowest BCUT2D eigenvalue weighted by atomic mass is 10.1. The van der Waals surface area contributed by atoms with Crippen LogP contribution in [0.15, 0.2) is 29.2 Å². The smallest absolute Gasteiger partial charge is 0.243 e. The first-order chi connectivity index (χ1) is 12.7. The van der Waals surface area contributed by atoms with Crippen molar-refractivity contribution < 1.29 is 21.6 Å². The Bertz CT molecular complexity index is 886. The molecule has 2 saturated heterocycles. The van der Waals surface area contributed by atoms with Crippen molar-refractivity contribution in [2.45, 2.75) is 31.1 Å². The monoisotopic (exact) mass is 414 g/mol. The van der Waals surface area contributed by atoms with Crippen LogP contribution < -0.4 is 0 Å². The second kappa shape index (κ2) is 7.89. The Labute approximate surface area is 161 Å². The van der Waals surface area contributed by atoms with Gasteiger partial charge in [0.2, 0.25) is 15.9 Å². The number of hydrogen-bond acceptors (Lipinski definition) is 5. The van der Waals surface area contributed by atoms with E-state index in [-0.39, 0.29) is 35.4 Å². The van der Waals surface area contributed by atoms with Crippen LogP contribution in [0, 0.1) is 5.92 Å². The van der Waals surface area contributed by atoms with Crippen molar-refractivity contribution in [3.8, 4) is 0 Å². The zero-order valence-corrected chi connectivity index (χ0v) is 17.1. The minimum atomic E-state index is -3.58.